The maximum absolute atomic E-state index is 15.8. The predicted octanol–water partition coefficient (Wildman–Crippen LogP) is 5.61. The van der Waals surface area contributed by atoms with E-state index in [0.29, 0.717) is 70.0 Å². The Morgan fingerprint density at radius 1 is 1.08 bits per heavy atom. The summed E-state index contributed by atoms with van der Waals surface area (Å²) in [6.45, 7) is 14.6. The Bertz CT molecular complexity index is 1880. The van der Waals surface area contributed by atoms with E-state index in [0.717, 1.165) is 69.8 Å². The summed E-state index contributed by atoms with van der Waals surface area (Å²) >= 11 is 0. The van der Waals surface area contributed by atoms with E-state index in [1.807, 2.05) is 45.4 Å². The third-order valence-electron chi connectivity index (χ3n) is 10.0. The maximum atomic E-state index is 15.8. The van der Waals surface area contributed by atoms with Crippen LogP contribution in [0.3, 0.4) is 0 Å². The number of nitrogens with zero attached hydrogens (tertiary/aromatic N) is 6. The molecule has 0 bridgehead atoms. The molecule has 6 heterocycles. The fraction of sp³-hybridized carbons (Fsp3) is 0.556. The summed E-state index contributed by atoms with van der Waals surface area (Å²) in [6, 6.07) is 3.88. The number of halogens is 1. The molecule has 7 rings (SSSR count). The van der Waals surface area contributed by atoms with E-state index in [4.69, 9.17) is 28.7 Å². The van der Waals surface area contributed by atoms with E-state index in [1.165, 1.54) is 6.07 Å². The quantitative estimate of drug-likeness (QED) is 0.262. The number of aryl methyl sites for hydroxylation is 2. The molecule has 0 unspecified atom stereocenters. The van der Waals surface area contributed by atoms with Gasteiger partial charge in [0, 0.05) is 80.3 Å². The highest BCUT2D eigenvalue weighted by Crippen LogP contribution is 2.45. The first-order valence-electron chi connectivity index (χ1n) is 17.2. The van der Waals surface area contributed by atoms with Crippen molar-refractivity contribution in [1.29, 1.82) is 0 Å². The van der Waals surface area contributed by atoms with Gasteiger partial charge < -0.3 is 33.3 Å². The predicted molar refractivity (Wildman–Crippen MR) is 182 cm³/mol. The highest BCUT2D eigenvalue weighted by atomic mass is 19.1. The summed E-state index contributed by atoms with van der Waals surface area (Å²) in [7, 11) is 1.86. The van der Waals surface area contributed by atoms with Crippen molar-refractivity contribution in [3.05, 3.63) is 40.3 Å². The third kappa shape index (κ3) is 6.28. The zero-order valence-corrected chi connectivity index (χ0v) is 29.1. The van der Waals surface area contributed by atoms with Gasteiger partial charge in [0.25, 0.3) is 11.8 Å². The Labute approximate surface area is 285 Å². The molecule has 12 nitrogen and oxygen atoms in total. The largest absolute Gasteiger partial charge is 0.490 e. The lowest BCUT2D eigenvalue weighted by molar-refractivity contribution is -0.160. The number of aliphatic carboxylic acids is 1. The number of benzene rings is 1. The number of fused-ring (bicyclic) bond motifs is 2. The molecule has 0 amide bonds. The Balaban J connectivity index is 1.33. The first-order valence-corrected chi connectivity index (χ1v) is 17.2. The van der Waals surface area contributed by atoms with E-state index < -0.39 is 23.5 Å². The molecular weight excluding hydrogens is 631 g/mol. The zero-order valence-electron chi connectivity index (χ0n) is 29.1. The second-order valence-electron chi connectivity index (χ2n) is 14.3. The van der Waals surface area contributed by atoms with Gasteiger partial charge in [-0.2, -0.15) is 4.98 Å². The second kappa shape index (κ2) is 13.0. The molecule has 0 aliphatic carbocycles. The molecule has 3 aliphatic rings. The molecule has 1 N–H and O–H groups in total. The summed E-state index contributed by atoms with van der Waals surface area (Å²) in [4.78, 5) is 27.3. The van der Waals surface area contributed by atoms with Gasteiger partial charge in [0.2, 0.25) is 0 Å². The summed E-state index contributed by atoms with van der Waals surface area (Å²) in [5, 5.41) is 15.5. The van der Waals surface area contributed by atoms with Crippen LogP contribution < -0.4 is 9.64 Å². The van der Waals surface area contributed by atoms with E-state index in [2.05, 4.69) is 15.0 Å². The van der Waals surface area contributed by atoms with Gasteiger partial charge in [-0.1, -0.05) is 0 Å². The Kier molecular flexibility index (Phi) is 8.87. The SMILES string of the molecule is Cc1nc2c(cc(-c3nc(N4CCN(C5CCOCC5)CC4)no3)n2C)c(-c2cc(F)c3c(c2C)CCCO3)c1[C@H](OC(C)(C)C)C(=O)O. The molecule has 0 saturated carbocycles. The minimum absolute atomic E-state index is 0.262. The highest BCUT2D eigenvalue weighted by molar-refractivity contribution is 6.01. The summed E-state index contributed by atoms with van der Waals surface area (Å²) in [5.41, 5.74) is 3.98. The van der Waals surface area contributed by atoms with Gasteiger partial charge in [-0.3, -0.25) is 4.90 Å². The van der Waals surface area contributed by atoms with Crippen LogP contribution in [-0.4, -0.2) is 93.3 Å². The number of hydrogen-bond donors (Lipinski definition) is 1. The van der Waals surface area contributed by atoms with E-state index in [9.17, 15) is 9.90 Å². The van der Waals surface area contributed by atoms with Crippen molar-refractivity contribution in [2.75, 3.05) is 50.9 Å². The minimum atomic E-state index is -1.36. The average Bonchev–Trinajstić information content (AvgIpc) is 3.70. The van der Waals surface area contributed by atoms with Crippen LogP contribution in [0.1, 0.15) is 68.5 Å². The number of carboxylic acid groups (broad SMARTS) is 1. The van der Waals surface area contributed by atoms with Gasteiger partial charge in [0.15, 0.2) is 17.7 Å². The van der Waals surface area contributed by atoms with Crippen LogP contribution in [0.15, 0.2) is 16.7 Å². The van der Waals surface area contributed by atoms with Gasteiger partial charge in [-0.25, -0.2) is 14.2 Å². The van der Waals surface area contributed by atoms with Crippen LogP contribution >= 0.6 is 0 Å². The lowest BCUT2D eigenvalue weighted by Crippen LogP contribution is -2.51. The Hall–Kier alpha value is -4.07. The highest BCUT2D eigenvalue weighted by Gasteiger charge is 2.35. The topological polar surface area (TPSA) is 128 Å². The van der Waals surface area contributed by atoms with Crippen molar-refractivity contribution >= 4 is 23.0 Å². The van der Waals surface area contributed by atoms with Gasteiger partial charge in [-0.15, -0.1) is 0 Å². The lowest BCUT2D eigenvalue weighted by Gasteiger charge is -2.40. The molecule has 2 saturated heterocycles. The van der Waals surface area contributed by atoms with Gasteiger partial charge >= 0.3 is 5.97 Å². The molecule has 262 valence electrons. The second-order valence-corrected chi connectivity index (χ2v) is 14.3. The number of carboxylic acids is 1. The van der Waals surface area contributed by atoms with Crippen LogP contribution in [0.4, 0.5) is 10.3 Å². The minimum Gasteiger partial charge on any atom is -0.490 e. The lowest BCUT2D eigenvalue weighted by atomic mass is 9.86. The Morgan fingerprint density at radius 2 is 1.82 bits per heavy atom. The maximum Gasteiger partial charge on any atom is 0.337 e. The first-order chi connectivity index (χ1) is 23.4. The number of pyridine rings is 1. The van der Waals surface area contributed by atoms with Crippen molar-refractivity contribution in [2.45, 2.75) is 78.0 Å². The molecule has 1 aromatic carbocycles. The molecule has 49 heavy (non-hydrogen) atoms. The van der Waals surface area contributed by atoms with Crippen molar-refractivity contribution in [3.63, 3.8) is 0 Å². The molecule has 1 atom stereocenters. The number of ether oxygens (including phenoxy) is 3. The standard InChI is InChI=1S/C36H45FN6O6/c1-20-23-8-7-15-47-30(23)26(37)18-24(20)29-25-19-27(41(6)32(25)38-21(2)28(29)31(34(44)45)48-36(3,4)5)33-39-35(40-49-33)43-13-11-42(12-14-43)22-9-16-46-17-10-22/h18-19,22,31H,7-17H2,1-6H3,(H,44,45)/t31-/m0/s1. The average molecular weight is 677 g/mol. The van der Waals surface area contributed by atoms with Crippen LogP contribution in [0.25, 0.3) is 33.7 Å². The van der Waals surface area contributed by atoms with Crippen LogP contribution in [0, 0.1) is 19.7 Å². The smallest absolute Gasteiger partial charge is 0.337 e. The van der Waals surface area contributed by atoms with Crippen LogP contribution in [0.5, 0.6) is 5.75 Å². The van der Waals surface area contributed by atoms with Crippen molar-refractivity contribution in [2.24, 2.45) is 7.05 Å². The third-order valence-corrected chi connectivity index (χ3v) is 10.0. The number of anilines is 1. The normalized spacial score (nSPS) is 18.5. The zero-order chi connectivity index (χ0) is 34.6. The molecule has 4 aromatic rings. The molecule has 3 aromatic heterocycles. The molecule has 0 radical (unpaired) electrons. The Morgan fingerprint density at radius 3 is 2.51 bits per heavy atom. The number of carbonyl (C=O) groups is 1. The first kappa shape index (κ1) is 33.4. The monoisotopic (exact) mass is 676 g/mol. The van der Waals surface area contributed by atoms with E-state index >= 15 is 4.39 Å². The van der Waals surface area contributed by atoms with Crippen molar-refractivity contribution in [1.82, 2.24) is 24.6 Å². The molecule has 2 fully saturated rings. The molecule has 0 spiro atoms. The molecule has 3 aliphatic heterocycles. The molecule has 13 heteroatoms. The van der Waals surface area contributed by atoms with Crippen molar-refractivity contribution < 1.29 is 33.0 Å². The van der Waals surface area contributed by atoms with Gasteiger partial charge in [-0.05, 0) is 88.7 Å². The van der Waals surface area contributed by atoms with Crippen LogP contribution in [0.2, 0.25) is 0 Å². The number of hydrogen-bond acceptors (Lipinski definition) is 10. The number of rotatable bonds is 7. The van der Waals surface area contributed by atoms with E-state index in [-0.39, 0.29) is 5.75 Å². The fourth-order valence-corrected chi connectivity index (χ4v) is 7.56. The number of aromatic nitrogens is 4. The summed E-state index contributed by atoms with van der Waals surface area (Å²) in [5.74, 6) is -0.543. The van der Waals surface area contributed by atoms with Crippen molar-refractivity contribution in [3.8, 4) is 28.5 Å². The fourth-order valence-electron chi connectivity index (χ4n) is 7.56. The van der Waals surface area contributed by atoms with E-state index in [1.54, 1.807) is 6.92 Å². The summed E-state index contributed by atoms with van der Waals surface area (Å²) in [6.07, 6.45) is 2.18. The van der Waals surface area contributed by atoms with Gasteiger partial charge in [0.05, 0.1) is 12.2 Å². The van der Waals surface area contributed by atoms with Gasteiger partial charge in [0.1, 0.15) is 11.3 Å². The van der Waals surface area contributed by atoms with Crippen LogP contribution in [-0.2, 0) is 27.7 Å². The number of piperazine rings is 1. The molecular formula is C36H45FN6O6. The summed E-state index contributed by atoms with van der Waals surface area (Å²) < 4.78 is 41.0.